The van der Waals surface area contributed by atoms with E-state index in [1.165, 1.54) is 0 Å². The standard InChI is InChI=1S/C19H30N2O4/c1-7-14-11-21(17(22)16-12(2)10-13(3)24-16)9-8-15(14)20-18(23)25-19(4,5)6/h10,14-15H,7-9,11H2,1-6H3,(H,20,23)/t14-,15+/m1/s1. The lowest BCUT2D eigenvalue weighted by molar-refractivity contribution is 0.0411. The van der Waals surface area contributed by atoms with Crippen LogP contribution in [0.1, 0.15) is 62.4 Å². The maximum absolute atomic E-state index is 12.7. The van der Waals surface area contributed by atoms with Crippen molar-refractivity contribution in [2.24, 2.45) is 5.92 Å². The van der Waals surface area contributed by atoms with Gasteiger partial charge in [-0.1, -0.05) is 6.92 Å². The molecule has 0 bridgehead atoms. The van der Waals surface area contributed by atoms with Crippen LogP contribution in [0.4, 0.5) is 4.79 Å². The molecule has 0 aromatic carbocycles. The Hall–Kier alpha value is -1.98. The fourth-order valence-corrected chi connectivity index (χ4v) is 3.28. The molecule has 0 aliphatic carbocycles. The highest BCUT2D eigenvalue weighted by Gasteiger charge is 2.34. The Balaban J connectivity index is 2.00. The van der Waals surface area contributed by atoms with Crippen LogP contribution in [0.25, 0.3) is 0 Å². The first-order chi connectivity index (χ1) is 11.6. The zero-order chi connectivity index (χ0) is 18.8. The van der Waals surface area contributed by atoms with E-state index in [9.17, 15) is 9.59 Å². The van der Waals surface area contributed by atoms with E-state index in [0.29, 0.717) is 25.3 Å². The lowest BCUT2D eigenvalue weighted by atomic mass is 9.90. The molecule has 0 saturated carbocycles. The molecule has 140 valence electrons. The Bertz CT molecular complexity index is 630. The summed E-state index contributed by atoms with van der Waals surface area (Å²) in [6.45, 7) is 12.5. The summed E-state index contributed by atoms with van der Waals surface area (Å²) in [4.78, 5) is 26.6. The lowest BCUT2D eigenvalue weighted by Crippen LogP contribution is -2.53. The minimum absolute atomic E-state index is 0.0170. The second-order valence-electron chi connectivity index (χ2n) is 7.83. The molecule has 0 unspecified atom stereocenters. The van der Waals surface area contributed by atoms with Crippen LogP contribution in [0.15, 0.2) is 10.5 Å². The summed E-state index contributed by atoms with van der Waals surface area (Å²) in [7, 11) is 0. The third-order valence-corrected chi connectivity index (χ3v) is 4.48. The van der Waals surface area contributed by atoms with Crippen LogP contribution in [0.5, 0.6) is 0 Å². The van der Waals surface area contributed by atoms with E-state index in [4.69, 9.17) is 9.15 Å². The van der Waals surface area contributed by atoms with Gasteiger partial charge in [0.15, 0.2) is 5.76 Å². The van der Waals surface area contributed by atoms with Crippen molar-refractivity contribution < 1.29 is 18.7 Å². The second kappa shape index (κ2) is 7.50. The van der Waals surface area contributed by atoms with Crippen molar-refractivity contribution in [3.8, 4) is 0 Å². The predicted octanol–water partition coefficient (Wildman–Crippen LogP) is 3.66. The normalized spacial score (nSPS) is 21.1. The fourth-order valence-electron chi connectivity index (χ4n) is 3.28. The molecule has 25 heavy (non-hydrogen) atoms. The van der Waals surface area contributed by atoms with Gasteiger partial charge in [0.1, 0.15) is 11.4 Å². The number of carbonyl (C=O) groups excluding carboxylic acids is 2. The van der Waals surface area contributed by atoms with Gasteiger partial charge in [-0.2, -0.15) is 0 Å². The van der Waals surface area contributed by atoms with Crippen molar-refractivity contribution in [2.75, 3.05) is 13.1 Å². The van der Waals surface area contributed by atoms with Gasteiger partial charge in [0.05, 0.1) is 0 Å². The molecule has 2 heterocycles. The van der Waals surface area contributed by atoms with Crippen LogP contribution >= 0.6 is 0 Å². The Morgan fingerprint density at radius 1 is 1.36 bits per heavy atom. The molecule has 1 saturated heterocycles. The summed E-state index contributed by atoms with van der Waals surface area (Å²) in [5, 5.41) is 2.97. The number of nitrogens with one attached hydrogen (secondary N) is 1. The number of piperidine rings is 1. The van der Waals surface area contributed by atoms with E-state index in [1.807, 2.05) is 45.6 Å². The predicted molar refractivity (Wildman–Crippen MR) is 95.6 cm³/mol. The van der Waals surface area contributed by atoms with E-state index < -0.39 is 11.7 Å². The number of hydrogen-bond donors (Lipinski definition) is 1. The first kappa shape index (κ1) is 19.3. The van der Waals surface area contributed by atoms with Gasteiger partial charge in [-0.15, -0.1) is 0 Å². The van der Waals surface area contributed by atoms with Gasteiger partial charge < -0.3 is 19.4 Å². The molecule has 6 heteroatoms. The van der Waals surface area contributed by atoms with Crippen LogP contribution in [0, 0.1) is 19.8 Å². The molecule has 6 nitrogen and oxygen atoms in total. The molecular formula is C19H30N2O4. The first-order valence-electron chi connectivity index (χ1n) is 8.96. The third-order valence-electron chi connectivity index (χ3n) is 4.48. The topological polar surface area (TPSA) is 71.8 Å². The van der Waals surface area contributed by atoms with E-state index in [-0.39, 0.29) is 17.9 Å². The number of rotatable bonds is 3. The van der Waals surface area contributed by atoms with Crippen molar-refractivity contribution >= 4 is 12.0 Å². The molecule has 0 spiro atoms. The zero-order valence-corrected chi connectivity index (χ0v) is 16.1. The van der Waals surface area contributed by atoms with Gasteiger partial charge in [-0.05, 0) is 59.4 Å². The highest BCUT2D eigenvalue weighted by molar-refractivity contribution is 5.93. The summed E-state index contributed by atoms with van der Waals surface area (Å²) < 4.78 is 10.9. The van der Waals surface area contributed by atoms with Crippen molar-refractivity contribution in [2.45, 2.75) is 66.0 Å². The summed E-state index contributed by atoms with van der Waals surface area (Å²) in [5.74, 6) is 1.29. The number of alkyl carbamates (subject to hydrolysis) is 1. The van der Waals surface area contributed by atoms with Crippen LogP contribution in [-0.2, 0) is 4.74 Å². The molecule has 2 atom stereocenters. The maximum Gasteiger partial charge on any atom is 0.407 e. The monoisotopic (exact) mass is 350 g/mol. The van der Waals surface area contributed by atoms with Crippen molar-refractivity contribution in [1.82, 2.24) is 10.2 Å². The van der Waals surface area contributed by atoms with E-state index >= 15 is 0 Å². The average molecular weight is 350 g/mol. The zero-order valence-electron chi connectivity index (χ0n) is 16.1. The highest BCUT2D eigenvalue weighted by atomic mass is 16.6. The molecule has 2 rings (SSSR count). The van der Waals surface area contributed by atoms with Crippen LogP contribution in [0.3, 0.4) is 0 Å². The Kier molecular flexibility index (Phi) is 5.80. The highest BCUT2D eigenvalue weighted by Crippen LogP contribution is 2.24. The molecule has 1 aromatic rings. The van der Waals surface area contributed by atoms with Crippen molar-refractivity contribution in [3.05, 3.63) is 23.2 Å². The number of amides is 2. The SMILES string of the molecule is CC[C@@H]1CN(C(=O)c2oc(C)cc2C)CC[C@@H]1NC(=O)OC(C)(C)C. The quantitative estimate of drug-likeness (QED) is 0.903. The van der Waals surface area contributed by atoms with Gasteiger partial charge in [0.25, 0.3) is 5.91 Å². The molecule has 1 N–H and O–H groups in total. The minimum Gasteiger partial charge on any atom is -0.456 e. The minimum atomic E-state index is -0.517. The van der Waals surface area contributed by atoms with Crippen LogP contribution in [0.2, 0.25) is 0 Å². The number of hydrogen-bond acceptors (Lipinski definition) is 4. The number of aryl methyl sites for hydroxylation is 2. The van der Waals surface area contributed by atoms with Gasteiger partial charge in [0.2, 0.25) is 0 Å². The second-order valence-corrected chi connectivity index (χ2v) is 7.83. The third kappa shape index (κ3) is 5.00. The average Bonchev–Trinajstić information content (AvgIpc) is 2.83. The fraction of sp³-hybridized carbons (Fsp3) is 0.684. The van der Waals surface area contributed by atoms with Gasteiger partial charge >= 0.3 is 6.09 Å². The Labute approximate surface area is 149 Å². The number of likely N-dealkylation sites (tertiary alicyclic amines) is 1. The number of nitrogens with zero attached hydrogens (tertiary/aromatic N) is 1. The Morgan fingerprint density at radius 2 is 2.04 bits per heavy atom. The summed E-state index contributed by atoms with van der Waals surface area (Å²) in [5.41, 5.74) is 0.349. The molecule has 2 amide bonds. The molecule has 1 aliphatic rings. The van der Waals surface area contributed by atoms with E-state index in [0.717, 1.165) is 17.7 Å². The van der Waals surface area contributed by atoms with Gasteiger partial charge in [0, 0.05) is 24.7 Å². The number of carbonyl (C=O) groups is 2. The molecule has 1 fully saturated rings. The van der Waals surface area contributed by atoms with E-state index in [2.05, 4.69) is 12.2 Å². The summed E-state index contributed by atoms with van der Waals surface area (Å²) in [6.07, 6.45) is 1.19. The lowest BCUT2D eigenvalue weighted by Gasteiger charge is -2.38. The molecule has 0 radical (unpaired) electrons. The number of ether oxygens (including phenoxy) is 1. The van der Waals surface area contributed by atoms with Crippen LogP contribution in [-0.4, -0.2) is 41.6 Å². The van der Waals surface area contributed by atoms with Crippen molar-refractivity contribution in [3.63, 3.8) is 0 Å². The van der Waals surface area contributed by atoms with E-state index in [1.54, 1.807) is 0 Å². The van der Waals surface area contributed by atoms with Crippen LogP contribution < -0.4 is 5.32 Å². The molecule has 1 aliphatic heterocycles. The largest absolute Gasteiger partial charge is 0.456 e. The van der Waals surface area contributed by atoms with Gasteiger partial charge in [-0.25, -0.2) is 4.79 Å². The van der Waals surface area contributed by atoms with Crippen molar-refractivity contribution in [1.29, 1.82) is 0 Å². The Morgan fingerprint density at radius 3 is 2.56 bits per heavy atom. The molecular weight excluding hydrogens is 320 g/mol. The smallest absolute Gasteiger partial charge is 0.407 e. The maximum atomic E-state index is 12.7. The summed E-state index contributed by atoms with van der Waals surface area (Å²) >= 11 is 0. The first-order valence-corrected chi connectivity index (χ1v) is 8.96. The van der Waals surface area contributed by atoms with Gasteiger partial charge in [-0.3, -0.25) is 4.79 Å². The molecule has 1 aromatic heterocycles. The summed E-state index contributed by atoms with van der Waals surface area (Å²) in [6, 6.07) is 1.89. The number of furan rings is 1.